The minimum absolute atomic E-state index is 0.0137. The highest BCUT2D eigenvalue weighted by Crippen LogP contribution is 2.24. The molecule has 1 aromatic rings. The maximum Gasteiger partial charge on any atom is 0.233 e. The number of hydrogen-bond donors (Lipinski definition) is 2. The molecule has 0 saturated carbocycles. The Kier molecular flexibility index (Phi) is 7.70. The second kappa shape index (κ2) is 9.03. The standard InChI is InChI=1S/C16H26N2OS/c1-12(2)15(16(19)18-10-13(3)9-17)20-11-14-7-5-4-6-8-14/h4-8,12-13,15H,9-11,17H2,1-3H3,(H,18,19). The highest BCUT2D eigenvalue weighted by atomic mass is 32.2. The lowest BCUT2D eigenvalue weighted by Gasteiger charge is -2.21. The van der Waals surface area contributed by atoms with Crippen LogP contribution in [-0.4, -0.2) is 24.2 Å². The van der Waals surface area contributed by atoms with E-state index in [4.69, 9.17) is 5.73 Å². The summed E-state index contributed by atoms with van der Waals surface area (Å²) in [6.45, 7) is 7.49. The number of amides is 1. The first kappa shape index (κ1) is 17.1. The first-order valence-corrected chi connectivity index (χ1v) is 8.22. The first-order chi connectivity index (χ1) is 9.54. The van der Waals surface area contributed by atoms with Crippen LogP contribution >= 0.6 is 11.8 Å². The van der Waals surface area contributed by atoms with Crippen molar-refractivity contribution in [1.29, 1.82) is 0 Å². The molecule has 0 spiro atoms. The van der Waals surface area contributed by atoms with Crippen LogP contribution in [0.3, 0.4) is 0 Å². The third-order valence-electron chi connectivity index (χ3n) is 3.16. The minimum Gasteiger partial charge on any atom is -0.355 e. The van der Waals surface area contributed by atoms with E-state index in [0.29, 0.717) is 24.9 Å². The lowest BCUT2D eigenvalue weighted by molar-refractivity contribution is -0.121. The predicted molar refractivity (Wildman–Crippen MR) is 87.6 cm³/mol. The van der Waals surface area contributed by atoms with Gasteiger partial charge in [-0.15, -0.1) is 11.8 Å². The molecule has 20 heavy (non-hydrogen) atoms. The molecule has 0 bridgehead atoms. The highest BCUT2D eigenvalue weighted by Gasteiger charge is 2.22. The summed E-state index contributed by atoms with van der Waals surface area (Å²) in [5.74, 6) is 1.63. The van der Waals surface area contributed by atoms with Gasteiger partial charge in [-0.1, -0.05) is 51.1 Å². The predicted octanol–water partition coefficient (Wildman–Crippen LogP) is 2.66. The molecule has 3 nitrogen and oxygen atoms in total. The molecule has 0 aliphatic heterocycles. The quantitative estimate of drug-likeness (QED) is 0.775. The third-order valence-corrected chi connectivity index (χ3v) is 4.78. The normalized spacial score (nSPS) is 14.1. The van der Waals surface area contributed by atoms with Gasteiger partial charge in [-0.25, -0.2) is 0 Å². The Bertz CT molecular complexity index is 395. The SMILES string of the molecule is CC(CN)CNC(=O)C(SCc1ccccc1)C(C)C. The summed E-state index contributed by atoms with van der Waals surface area (Å²) in [7, 11) is 0. The zero-order valence-electron chi connectivity index (χ0n) is 12.6. The fourth-order valence-electron chi connectivity index (χ4n) is 1.79. The lowest BCUT2D eigenvalue weighted by atomic mass is 10.1. The van der Waals surface area contributed by atoms with Crippen LogP contribution in [-0.2, 0) is 10.5 Å². The summed E-state index contributed by atoms with van der Waals surface area (Å²) in [6, 6.07) is 10.3. The molecular formula is C16H26N2OS. The summed E-state index contributed by atoms with van der Waals surface area (Å²) < 4.78 is 0. The van der Waals surface area contributed by atoms with E-state index in [1.165, 1.54) is 5.56 Å². The van der Waals surface area contributed by atoms with Crippen molar-refractivity contribution in [2.45, 2.75) is 31.8 Å². The van der Waals surface area contributed by atoms with E-state index in [0.717, 1.165) is 5.75 Å². The van der Waals surface area contributed by atoms with Crippen molar-refractivity contribution >= 4 is 17.7 Å². The largest absolute Gasteiger partial charge is 0.355 e. The van der Waals surface area contributed by atoms with Gasteiger partial charge in [0, 0.05) is 12.3 Å². The van der Waals surface area contributed by atoms with Crippen molar-refractivity contribution < 1.29 is 4.79 Å². The molecule has 1 aromatic carbocycles. The second-order valence-corrected chi connectivity index (χ2v) is 6.68. The number of nitrogens with two attached hydrogens (primary N) is 1. The van der Waals surface area contributed by atoms with Gasteiger partial charge < -0.3 is 11.1 Å². The molecule has 1 amide bonds. The molecule has 1 rings (SSSR count). The number of benzene rings is 1. The zero-order chi connectivity index (χ0) is 15.0. The molecule has 0 aliphatic carbocycles. The van der Waals surface area contributed by atoms with Crippen LogP contribution in [0.5, 0.6) is 0 Å². The first-order valence-electron chi connectivity index (χ1n) is 7.18. The molecule has 4 heteroatoms. The number of thioether (sulfide) groups is 1. The Morgan fingerprint density at radius 2 is 1.90 bits per heavy atom. The monoisotopic (exact) mass is 294 g/mol. The van der Waals surface area contributed by atoms with Gasteiger partial charge in [0.15, 0.2) is 0 Å². The molecule has 2 atom stereocenters. The Balaban J connectivity index is 2.49. The van der Waals surface area contributed by atoms with Crippen molar-refractivity contribution in [3.8, 4) is 0 Å². The number of nitrogens with one attached hydrogen (secondary N) is 1. The fraction of sp³-hybridized carbons (Fsp3) is 0.562. The average Bonchev–Trinajstić information content (AvgIpc) is 2.45. The maximum atomic E-state index is 12.3. The van der Waals surface area contributed by atoms with Gasteiger partial charge in [0.1, 0.15) is 0 Å². The highest BCUT2D eigenvalue weighted by molar-refractivity contribution is 7.99. The summed E-state index contributed by atoms with van der Waals surface area (Å²) in [5, 5.41) is 3.00. The van der Waals surface area contributed by atoms with Gasteiger partial charge in [0.25, 0.3) is 0 Å². The molecule has 0 fully saturated rings. The lowest BCUT2D eigenvalue weighted by Crippen LogP contribution is -2.39. The van der Waals surface area contributed by atoms with Crippen LogP contribution in [0.2, 0.25) is 0 Å². The molecule has 0 heterocycles. The van der Waals surface area contributed by atoms with Crippen LogP contribution in [0.4, 0.5) is 0 Å². The zero-order valence-corrected chi connectivity index (χ0v) is 13.5. The fourth-order valence-corrected chi connectivity index (χ4v) is 2.97. The Labute approximate surface area is 126 Å². The minimum atomic E-state index is -0.0137. The van der Waals surface area contributed by atoms with Gasteiger partial charge in [0.2, 0.25) is 5.91 Å². The smallest absolute Gasteiger partial charge is 0.233 e. The number of carbonyl (C=O) groups is 1. The van der Waals surface area contributed by atoms with E-state index in [1.54, 1.807) is 11.8 Å². The van der Waals surface area contributed by atoms with Crippen LogP contribution < -0.4 is 11.1 Å². The van der Waals surface area contributed by atoms with E-state index in [-0.39, 0.29) is 11.2 Å². The molecule has 0 aliphatic rings. The summed E-state index contributed by atoms with van der Waals surface area (Å²) >= 11 is 1.71. The molecule has 0 saturated heterocycles. The average molecular weight is 294 g/mol. The summed E-state index contributed by atoms with van der Waals surface area (Å²) in [6.07, 6.45) is 0. The topological polar surface area (TPSA) is 55.1 Å². The Hall–Kier alpha value is -1.00. The van der Waals surface area contributed by atoms with Crippen molar-refractivity contribution in [3.63, 3.8) is 0 Å². The second-order valence-electron chi connectivity index (χ2n) is 5.55. The van der Waals surface area contributed by atoms with Crippen molar-refractivity contribution in [2.24, 2.45) is 17.6 Å². The third kappa shape index (κ3) is 5.97. The van der Waals surface area contributed by atoms with E-state index in [9.17, 15) is 4.79 Å². The maximum absolute atomic E-state index is 12.3. The Morgan fingerprint density at radius 1 is 1.25 bits per heavy atom. The molecule has 3 N–H and O–H groups in total. The van der Waals surface area contributed by atoms with Gasteiger partial charge in [-0.2, -0.15) is 0 Å². The van der Waals surface area contributed by atoms with Crippen LogP contribution in [0, 0.1) is 11.8 Å². The van der Waals surface area contributed by atoms with E-state index in [2.05, 4.69) is 31.3 Å². The molecule has 112 valence electrons. The summed E-state index contributed by atoms with van der Waals surface area (Å²) in [4.78, 5) is 12.3. The van der Waals surface area contributed by atoms with Crippen molar-refractivity contribution in [3.05, 3.63) is 35.9 Å². The Morgan fingerprint density at radius 3 is 2.45 bits per heavy atom. The van der Waals surface area contributed by atoms with Gasteiger partial charge >= 0.3 is 0 Å². The van der Waals surface area contributed by atoms with Gasteiger partial charge in [0.05, 0.1) is 5.25 Å². The van der Waals surface area contributed by atoms with Crippen molar-refractivity contribution in [2.75, 3.05) is 13.1 Å². The van der Waals surface area contributed by atoms with Gasteiger partial charge in [-0.05, 0) is 23.9 Å². The molecule has 2 unspecified atom stereocenters. The van der Waals surface area contributed by atoms with Crippen molar-refractivity contribution in [1.82, 2.24) is 5.32 Å². The number of carbonyl (C=O) groups excluding carboxylic acids is 1. The van der Waals surface area contributed by atoms with Crippen LogP contribution in [0.25, 0.3) is 0 Å². The molecule has 0 radical (unpaired) electrons. The summed E-state index contributed by atoms with van der Waals surface area (Å²) in [5.41, 5.74) is 6.83. The number of rotatable bonds is 8. The molecular weight excluding hydrogens is 268 g/mol. The number of hydrogen-bond acceptors (Lipinski definition) is 3. The van der Waals surface area contributed by atoms with E-state index >= 15 is 0 Å². The molecule has 0 aromatic heterocycles. The van der Waals surface area contributed by atoms with E-state index < -0.39 is 0 Å². The van der Waals surface area contributed by atoms with Crippen LogP contribution in [0.15, 0.2) is 30.3 Å². The van der Waals surface area contributed by atoms with Crippen LogP contribution in [0.1, 0.15) is 26.3 Å². The van der Waals surface area contributed by atoms with E-state index in [1.807, 2.05) is 25.1 Å². The van der Waals surface area contributed by atoms with Gasteiger partial charge in [-0.3, -0.25) is 4.79 Å².